The molecular formula is C24H17F3N6O. The lowest BCUT2D eigenvalue weighted by Gasteiger charge is -2.11. The summed E-state index contributed by atoms with van der Waals surface area (Å²) in [4.78, 5) is 11.8. The number of halogens is 3. The Hall–Kier alpha value is -4.65. The van der Waals surface area contributed by atoms with E-state index in [-0.39, 0.29) is 11.7 Å². The van der Waals surface area contributed by atoms with Crippen molar-refractivity contribution in [1.82, 2.24) is 15.0 Å². The smallest absolute Gasteiger partial charge is 0.433 e. The van der Waals surface area contributed by atoms with Crippen LogP contribution in [-0.2, 0) is 12.6 Å². The number of nitrogens with one attached hydrogen (secondary N) is 1. The summed E-state index contributed by atoms with van der Waals surface area (Å²) in [5, 5.41) is 11.9. The Labute approximate surface area is 192 Å². The van der Waals surface area contributed by atoms with Crippen LogP contribution in [0.3, 0.4) is 0 Å². The molecule has 0 radical (unpaired) electrons. The molecule has 0 spiro atoms. The molecule has 4 rings (SSSR count). The maximum absolute atomic E-state index is 12.8. The molecule has 2 aromatic heterocycles. The average Bonchev–Trinajstić information content (AvgIpc) is 2.80. The first-order chi connectivity index (χ1) is 16.3. The molecule has 0 aliphatic heterocycles. The minimum atomic E-state index is -4.55. The fourth-order valence-electron chi connectivity index (χ4n) is 3.08. The highest BCUT2D eigenvalue weighted by Gasteiger charge is 2.32. The van der Waals surface area contributed by atoms with E-state index in [1.165, 1.54) is 6.07 Å². The number of nitriles is 1. The standard InChI is InChI=1S/C24H17F3N6O/c25-24(26,27)21-13-19(10-12-30-21)34-18-7-5-17(6-8-18)31-22-14-20(32-23(29)33-22)16-3-1-15(2-4-16)9-11-28/h1-8,10,12-14H,9H2,(H3,29,31,32,33). The third kappa shape index (κ3) is 5.58. The van der Waals surface area contributed by atoms with Crippen molar-refractivity contribution in [2.75, 3.05) is 11.1 Å². The Balaban J connectivity index is 1.48. The summed E-state index contributed by atoms with van der Waals surface area (Å²) >= 11 is 0. The quantitative estimate of drug-likeness (QED) is 0.376. The van der Waals surface area contributed by atoms with Gasteiger partial charge in [0, 0.05) is 29.6 Å². The number of pyridine rings is 1. The normalized spacial score (nSPS) is 11.0. The number of alkyl halides is 3. The monoisotopic (exact) mass is 462 g/mol. The zero-order valence-electron chi connectivity index (χ0n) is 17.5. The molecule has 0 aliphatic carbocycles. The number of nitrogens with zero attached hydrogens (tertiary/aromatic N) is 4. The zero-order valence-corrected chi connectivity index (χ0v) is 17.5. The zero-order chi connectivity index (χ0) is 24.1. The molecule has 10 heteroatoms. The van der Waals surface area contributed by atoms with E-state index in [1.54, 1.807) is 30.3 Å². The van der Waals surface area contributed by atoms with Gasteiger partial charge in [-0.05, 0) is 35.9 Å². The average molecular weight is 462 g/mol. The van der Waals surface area contributed by atoms with E-state index >= 15 is 0 Å². The van der Waals surface area contributed by atoms with Crippen molar-refractivity contribution >= 4 is 17.5 Å². The van der Waals surface area contributed by atoms with Gasteiger partial charge in [0.05, 0.1) is 18.2 Å². The van der Waals surface area contributed by atoms with Crippen LogP contribution in [0.2, 0.25) is 0 Å². The molecule has 2 aromatic carbocycles. The Morgan fingerprint density at radius 3 is 2.35 bits per heavy atom. The number of hydrogen-bond donors (Lipinski definition) is 2. The van der Waals surface area contributed by atoms with Gasteiger partial charge in [-0.25, -0.2) is 4.98 Å². The SMILES string of the molecule is N#CCc1ccc(-c2cc(Nc3ccc(Oc4ccnc(C(F)(F)F)c4)cc3)nc(N)n2)cc1. The topological polar surface area (TPSA) is 110 Å². The van der Waals surface area contributed by atoms with Crippen LogP contribution in [0.1, 0.15) is 11.3 Å². The molecule has 2 heterocycles. The van der Waals surface area contributed by atoms with Crippen molar-refractivity contribution in [3.63, 3.8) is 0 Å². The lowest BCUT2D eigenvalue weighted by Crippen LogP contribution is -2.07. The molecule has 0 atom stereocenters. The number of nitrogen functional groups attached to an aromatic ring is 1. The van der Waals surface area contributed by atoms with E-state index in [9.17, 15) is 13.2 Å². The summed E-state index contributed by atoms with van der Waals surface area (Å²) in [5.41, 5.74) is 7.83. The van der Waals surface area contributed by atoms with Gasteiger partial charge in [-0.15, -0.1) is 0 Å². The van der Waals surface area contributed by atoms with E-state index in [0.29, 0.717) is 29.4 Å². The fraction of sp³-hybridized carbons (Fsp3) is 0.0833. The summed E-state index contributed by atoms with van der Waals surface area (Å²) in [7, 11) is 0. The molecule has 7 nitrogen and oxygen atoms in total. The number of benzene rings is 2. The second-order valence-electron chi connectivity index (χ2n) is 7.15. The Morgan fingerprint density at radius 1 is 0.941 bits per heavy atom. The molecule has 0 bridgehead atoms. The maximum Gasteiger partial charge on any atom is 0.433 e. The van der Waals surface area contributed by atoms with Crippen molar-refractivity contribution in [2.24, 2.45) is 0 Å². The van der Waals surface area contributed by atoms with Crippen LogP contribution in [-0.4, -0.2) is 15.0 Å². The van der Waals surface area contributed by atoms with Gasteiger partial charge in [0.1, 0.15) is 23.0 Å². The van der Waals surface area contributed by atoms with Crippen molar-refractivity contribution in [3.05, 3.63) is 84.2 Å². The van der Waals surface area contributed by atoms with Gasteiger partial charge in [0.25, 0.3) is 0 Å². The summed E-state index contributed by atoms with van der Waals surface area (Å²) < 4.78 is 44.0. The molecule has 0 aliphatic rings. The third-order valence-corrected chi connectivity index (χ3v) is 4.66. The highest BCUT2D eigenvalue weighted by Crippen LogP contribution is 2.31. The highest BCUT2D eigenvalue weighted by molar-refractivity contribution is 5.67. The molecule has 3 N–H and O–H groups in total. The number of aromatic nitrogens is 3. The molecule has 0 amide bonds. The number of nitrogens with two attached hydrogens (primary N) is 1. The summed E-state index contributed by atoms with van der Waals surface area (Å²) in [6.45, 7) is 0. The van der Waals surface area contributed by atoms with E-state index < -0.39 is 11.9 Å². The van der Waals surface area contributed by atoms with Gasteiger partial charge in [-0.3, -0.25) is 4.98 Å². The predicted octanol–water partition coefficient (Wildman–Crippen LogP) is 5.74. The van der Waals surface area contributed by atoms with Crippen LogP contribution >= 0.6 is 0 Å². The molecule has 4 aromatic rings. The minimum absolute atomic E-state index is 0.0250. The van der Waals surface area contributed by atoms with E-state index in [4.69, 9.17) is 15.7 Å². The Bertz CT molecular complexity index is 1330. The van der Waals surface area contributed by atoms with E-state index in [0.717, 1.165) is 23.4 Å². The Kier molecular flexibility index (Phi) is 6.27. The van der Waals surface area contributed by atoms with Crippen molar-refractivity contribution < 1.29 is 17.9 Å². The van der Waals surface area contributed by atoms with Crippen LogP contribution in [0, 0.1) is 11.3 Å². The van der Waals surface area contributed by atoms with Gasteiger partial charge in [-0.1, -0.05) is 24.3 Å². The van der Waals surface area contributed by atoms with Crippen LogP contribution in [0.15, 0.2) is 72.9 Å². The van der Waals surface area contributed by atoms with E-state index in [1.807, 2.05) is 24.3 Å². The number of ether oxygens (including phenoxy) is 1. The largest absolute Gasteiger partial charge is 0.457 e. The van der Waals surface area contributed by atoms with Gasteiger partial charge in [0.15, 0.2) is 0 Å². The first-order valence-electron chi connectivity index (χ1n) is 9.99. The summed E-state index contributed by atoms with van der Waals surface area (Å²) in [6, 6.07) is 20.0. The summed E-state index contributed by atoms with van der Waals surface area (Å²) in [5.74, 6) is 0.919. The predicted molar refractivity (Wildman–Crippen MR) is 120 cm³/mol. The van der Waals surface area contributed by atoms with Crippen LogP contribution in [0.4, 0.5) is 30.6 Å². The molecule has 0 saturated heterocycles. The first kappa shape index (κ1) is 22.5. The van der Waals surface area contributed by atoms with Gasteiger partial charge in [-0.2, -0.15) is 23.4 Å². The molecule has 0 unspecified atom stereocenters. The summed E-state index contributed by atoms with van der Waals surface area (Å²) in [6.07, 6.45) is -3.18. The fourth-order valence-corrected chi connectivity index (χ4v) is 3.08. The maximum atomic E-state index is 12.8. The second-order valence-corrected chi connectivity index (χ2v) is 7.15. The second kappa shape index (κ2) is 9.46. The lowest BCUT2D eigenvalue weighted by molar-refractivity contribution is -0.141. The lowest BCUT2D eigenvalue weighted by atomic mass is 10.1. The third-order valence-electron chi connectivity index (χ3n) is 4.66. The van der Waals surface area contributed by atoms with Crippen LogP contribution in [0.25, 0.3) is 11.3 Å². The highest BCUT2D eigenvalue weighted by atomic mass is 19.4. The van der Waals surface area contributed by atoms with Gasteiger partial charge in [0.2, 0.25) is 5.95 Å². The molecular weight excluding hydrogens is 445 g/mol. The number of rotatable bonds is 6. The van der Waals surface area contributed by atoms with E-state index in [2.05, 4.69) is 26.3 Å². The van der Waals surface area contributed by atoms with Crippen molar-refractivity contribution in [1.29, 1.82) is 5.26 Å². The number of hydrogen-bond acceptors (Lipinski definition) is 7. The number of anilines is 3. The minimum Gasteiger partial charge on any atom is -0.457 e. The first-order valence-corrected chi connectivity index (χ1v) is 9.99. The van der Waals surface area contributed by atoms with Gasteiger partial charge >= 0.3 is 6.18 Å². The van der Waals surface area contributed by atoms with Crippen molar-refractivity contribution in [2.45, 2.75) is 12.6 Å². The van der Waals surface area contributed by atoms with Gasteiger partial charge < -0.3 is 15.8 Å². The molecule has 170 valence electrons. The Morgan fingerprint density at radius 2 is 1.68 bits per heavy atom. The molecule has 34 heavy (non-hydrogen) atoms. The van der Waals surface area contributed by atoms with Crippen molar-refractivity contribution in [3.8, 4) is 28.8 Å². The van der Waals surface area contributed by atoms with Crippen LogP contribution in [0.5, 0.6) is 11.5 Å². The molecule has 0 saturated carbocycles. The molecule has 0 fully saturated rings. The van der Waals surface area contributed by atoms with Crippen LogP contribution < -0.4 is 15.8 Å².